The Morgan fingerprint density at radius 1 is 1.05 bits per heavy atom. The van der Waals surface area contributed by atoms with Crippen LogP contribution in [0.4, 0.5) is 5.69 Å². The molecule has 0 atom stereocenters. The second-order valence-corrected chi connectivity index (χ2v) is 5.53. The van der Waals surface area contributed by atoms with Crippen molar-refractivity contribution in [2.75, 3.05) is 12.5 Å². The average molecular weight is 344 g/mol. The van der Waals surface area contributed by atoms with Gasteiger partial charge in [0, 0.05) is 5.02 Å². The van der Waals surface area contributed by atoms with E-state index in [4.69, 9.17) is 39.5 Å². The average Bonchev–Trinajstić information content (AvgIpc) is 2.46. The number of hydrazone groups is 1. The maximum atomic E-state index is 6.09. The van der Waals surface area contributed by atoms with Crippen molar-refractivity contribution < 1.29 is 4.74 Å². The largest absolute Gasteiger partial charge is 0.497 e. The van der Waals surface area contributed by atoms with E-state index in [-0.39, 0.29) is 0 Å². The van der Waals surface area contributed by atoms with E-state index in [1.807, 2.05) is 31.2 Å². The fraction of sp³-hybridized carbons (Fsp3) is 0.133. The van der Waals surface area contributed by atoms with Crippen molar-refractivity contribution in [3.8, 4) is 5.75 Å². The van der Waals surface area contributed by atoms with Crippen molar-refractivity contribution in [2.24, 2.45) is 5.10 Å². The summed E-state index contributed by atoms with van der Waals surface area (Å²) in [5, 5.41) is 5.59. The lowest BCUT2D eigenvalue weighted by atomic mass is 10.1. The zero-order valence-corrected chi connectivity index (χ0v) is 13.7. The number of benzene rings is 2. The fourth-order valence-corrected chi connectivity index (χ4v) is 2.59. The van der Waals surface area contributed by atoms with E-state index in [9.17, 15) is 0 Å². The highest BCUT2D eigenvalue weighted by Gasteiger charge is 2.07. The van der Waals surface area contributed by atoms with Crippen molar-refractivity contribution in [3.05, 3.63) is 57.0 Å². The first-order valence-corrected chi connectivity index (χ1v) is 7.24. The zero-order valence-electron chi connectivity index (χ0n) is 11.5. The lowest BCUT2D eigenvalue weighted by Gasteiger charge is -2.08. The summed E-state index contributed by atoms with van der Waals surface area (Å²) in [6, 6.07) is 10.8. The summed E-state index contributed by atoms with van der Waals surface area (Å²) in [4.78, 5) is 0. The van der Waals surface area contributed by atoms with E-state index < -0.39 is 0 Å². The normalized spacial score (nSPS) is 11.4. The van der Waals surface area contributed by atoms with E-state index in [1.54, 1.807) is 19.2 Å². The van der Waals surface area contributed by atoms with Crippen LogP contribution in [-0.2, 0) is 0 Å². The molecule has 0 fully saturated rings. The van der Waals surface area contributed by atoms with Crippen LogP contribution >= 0.6 is 34.8 Å². The van der Waals surface area contributed by atoms with Gasteiger partial charge in [-0.1, -0.05) is 34.8 Å². The molecule has 0 saturated heterocycles. The third-order valence-corrected chi connectivity index (χ3v) is 3.66. The first-order valence-electron chi connectivity index (χ1n) is 6.10. The maximum Gasteiger partial charge on any atom is 0.118 e. The Hall–Kier alpha value is -1.42. The van der Waals surface area contributed by atoms with E-state index in [0.29, 0.717) is 20.8 Å². The van der Waals surface area contributed by atoms with Gasteiger partial charge in [0.05, 0.1) is 28.6 Å². The van der Waals surface area contributed by atoms with Gasteiger partial charge < -0.3 is 4.74 Å². The van der Waals surface area contributed by atoms with Gasteiger partial charge in [-0.25, -0.2) is 0 Å². The van der Waals surface area contributed by atoms with Crippen molar-refractivity contribution in [1.82, 2.24) is 0 Å². The molecule has 0 saturated carbocycles. The molecule has 21 heavy (non-hydrogen) atoms. The molecule has 3 nitrogen and oxygen atoms in total. The van der Waals surface area contributed by atoms with Crippen LogP contribution in [0.1, 0.15) is 12.5 Å². The van der Waals surface area contributed by atoms with Gasteiger partial charge in [-0.15, -0.1) is 0 Å². The molecular weight excluding hydrogens is 331 g/mol. The summed E-state index contributed by atoms with van der Waals surface area (Å²) < 4.78 is 5.12. The summed E-state index contributed by atoms with van der Waals surface area (Å²) >= 11 is 18.0. The minimum Gasteiger partial charge on any atom is -0.497 e. The van der Waals surface area contributed by atoms with Gasteiger partial charge >= 0.3 is 0 Å². The highest BCUT2D eigenvalue weighted by molar-refractivity contribution is 6.41. The highest BCUT2D eigenvalue weighted by atomic mass is 35.5. The monoisotopic (exact) mass is 342 g/mol. The third kappa shape index (κ3) is 4.03. The molecule has 0 aliphatic rings. The number of rotatable bonds is 4. The maximum absolute atomic E-state index is 6.09. The number of nitrogens with one attached hydrogen (secondary N) is 1. The molecule has 0 unspecified atom stereocenters. The minimum atomic E-state index is 0.416. The molecule has 0 radical (unpaired) electrons. The summed E-state index contributed by atoms with van der Waals surface area (Å²) in [6.45, 7) is 1.88. The fourth-order valence-electron chi connectivity index (χ4n) is 1.69. The van der Waals surface area contributed by atoms with E-state index in [1.165, 1.54) is 0 Å². The standard InChI is InChI=1S/C15H13Cl3N2O/c1-9(10-3-5-12(21-2)6-4-10)19-20-15-13(17)7-11(16)8-14(15)18/h3-8,20H,1-2H3. The van der Waals surface area contributed by atoms with Crippen LogP contribution in [0.2, 0.25) is 15.1 Å². The number of methoxy groups -OCH3 is 1. The Morgan fingerprint density at radius 2 is 1.62 bits per heavy atom. The molecule has 0 heterocycles. The van der Waals surface area contributed by atoms with Crippen LogP contribution in [0, 0.1) is 0 Å². The second-order valence-electron chi connectivity index (χ2n) is 4.28. The molecule has 6 heteroatoms. The Balaban J connectivity index is 2.20. The molecule has 2 rings (SSSR count). The second kappa shape index (κ2) is 7.03. The predicted molar refractivity (Wildman–Crippen MR) is 90.3 cm³/mol. The Morgan fingerprint density at radius 3 is 2.14 bits per heavy atom. The van der Waals surface area contributed by atoms with Crippen molar-refractivity contribution >= 4 is 46.2 Å². The molecule has 0 aliphatic heterocycles. The van der Waals surface area contributed by atoms with E-state index in [2.05, 4.69) is 10.5 Å². The van der Waals surface area contributed by atoms with Crippen LogP contribution in [0.3, 0.4) is 0 Å². The molecule has 0 amide bonds. The molecule has 2 aromatic carbocycles. The van der Waals surface area contributed by atoms with Gasteiger partial charge in [-0.2, -0.15) is 5.10 Å². The van der Waals surface area contributed by atoms with Gasteiger partial charge in [0.15, 0.2) is 0 Å². The molecule has 2 aromatic rings. The lowest BCUT2D eigenvalue weighted by Crippen LogP contribution is -2.00. The summed E-state index contributed by atoms with van der Waals surface area (Å²) in [6.07, 6.45) is 0. The third-order valence-electron chi connectivity index (χ3n) is 2.85. The number of nitrogens with zero attached hydrogens (tertiary/aromatic N) is 1. The molecule has 0 bridgehead atoms. The quantitative estimate of drug-likeness (QED) is 0.588. The van der Waals surface area contributed by atoms with Crippen molar-refractivity contribution in [3.63, 3.8) is 0 Å². The molecule has 0 aromatic heterocycles. The number of halogens is 3. The molecule has 0 aliphatic carbocycles. The van der Waals surface area contributed by atoms with Gasteiger partial charge in [-0.3, -0.25) is 5.43 Å². The van der Waals surface area contributed by atoms with Crippen LogP contribution in [-0.4, -0.2) is 12.8 Å². The first-order chi connectivity index (χ1) is 10.0. The smallest absolute Gasteiger partial charge is 0.118 e. The van der Waals surface area contributed by atoms with Gasteiger partial charge in [-0.05, 0) is 48.9 Å². The Labute approximate surface area is 138 Å². The van der Waals surface area contributed by atoms with Crippen molar-refractivity contribution in [1.29, 1.82) is 0 Å². The predicted octanol–water partition coefficient (Wildman–Crippen LogP) is 5.49. The lowest BCUT2D eigenvalue weighted by molar-refractivity contribution is 0.415. The molecular formula is C15H13Cl3N2O. The number of anilines is 1. The molecule has 110 valence electrons. The first kappa shape index (κ1) is 16.0. The summed E-state index contributed by atoms with van der Waals surface area (Å²) in [5.41, 5.74) is 5.15. The summed E-state index contributed by atoms with van der Waals surface area (Å²) in [5.74, 6) is 0.795. The van der Waals surface area contributed by atoms with E-state index >= 15 is 0 Å². The molecule has 1 N–H and O–H groups in total. The number of ether oxygens (including phenoxy) is 1. The van der Waals surface area contributed by atoms with Crippen molar-refractivity contribution in [2.45, 2.75) is 6.92 Å². The number of hydrogen-bond acceptors (Lipinski definition) is 3. The van der Waals surface area contributed by atoms with Gasteiger partial charge in [0.2, 0.25) is 0 Å². The van der Waals surface area contributed by atoms with Crippen LogP contribution in [0.15, 0.2) is 41.5 Å². The number of hydrogen-bond donors (Lipinski definition) is 1. The van der Waals surface area contributed by atoms with Crippen LogP contribution < -0.4 is 10.2 Å². The van der Waals surface area contributed by atoms with E-state index in [0.717, 1.165) is 17.0 Å². The molecule has 0 spiro atoms. The summed E-state index contributed by atoms with van der Waals surface area (Å²) in [7, 11) is 1.63. The minimum absolute atomic E-state index is 0.416. The van der Waals surface area contributed by atoms with Crippen LogP contribution in [0.25, 0.3) is 0 Å². The Bertz CT molecular complexity index is 646. The van der Waals surface area contributed by atoms with Gasteiger partial charge in [0.25, 0.3) is 0 Å². The zero-order chi connectivity index (χ0) is 15.4. The SMILES string of the molecule is COc1ccc(C(C)=NNc2c(Cl)cc(Cl)cc2Cl)cc1. The Kier molecular flexibility index (Phi) is 5.34. The highest BCUT2D eigenvalue weighted by Crippen LogP contribution is 2.33. The van der Waals surface area contributed by atoms with Gasteiger partial charge in [0.1, 0.15) is 5.75 Å². The van der Waals surface area contributed by atoms with Crippen LogP contribution in [0.5, 0.6) is 5.75 Å². The topological polar surface area (TPSA) is 33.6 Å².